The highest BCUT2D eigenvalue weighted by Gasteiger charge is 2.43. The first-order chi connectivity index (χ1) is 22.0. The maximum absolute atomic E-state index is 14.4. The Kier molecular flexibility index (Phi) is 11.3. The maximum atomic E-state index is 14.4. The summed E-state index contributed by atoms with van der Waals surface area (Å²) in [6, 6.07) is 10.7. The molecule has 1 unspecified atom stereocenters. The van der Waals surface area contributed by atoms with E-state index in [1.54, 1.807) is 19.2 Å². The van der Waals surface area contributed by atoms with Gasteiger partial charge in [0, 0.05) is 31.6 Å². The minimum atomic E-state index is -1.58. The van der Waals surface area contributed by atoms with Crippen LogP contribution in [0.2, 0.25) is 5.02 Å². The first kappa shape index (κ1) is 34.2. The third-order valence-corrected chi connectivity index (χ3v) is 9.96. The van der Waals surface area contributed by atoms with Gasteiger partial charge in [-0.05, 0) is 87.1 Å². The Morgan fingerprint density at radius 2 is 1.63 bits per heavy atom. The van der Waals surface area contributed by atoms with Crippen molar-refractivity contribution in [3.63, 3.8) is 0 Å². The fourth-order valence-electron chi connectivity index (χ4n) is 7.30. The zero-order chi connectivity index (χ0) is 32.8. The smallest absolute Gasteiger partial charge is 0.246 e. The average molecular weight is 653 g/mol. The molecule has 1 saturated carbocycles. The summed E-state index contributed by atoms with van der Waals surface area (Å²) in [5.41, 5.74) is 1.53. The van der Waals surface area contributed by atoms with Crippen LogP contribution in [-0.2, 0) is 33.6 Å². The van der Waals surface area contributed by atoms with Crippen LogP contribution in [0.25, 0.3) is 0 Å². The topological polar surface area (TPSA) is 120 Å². The van der Waals surface area contributed by atoms with Gasteiger partial charge in [0.25, 0.3) is 0 Å². The molecule has 3 aliphatic rings. The second-order valence-corrected chi connectivity index (χ2v) is 14.2. The standard InChI is InChI=1S/C36H49ClN4O5/c1-36(2,45)32-34(43)40-29(21-23-14-17-27(37)18-15-23)33(42)38-20-8-13-25-11-7-12-26-16-19-28(46-31(25)26)22-39-30(35(44)41(32)3)24-9-5-4-6-10-24/h7,11-12,14-15,17-18,24,28-30,32,39,45H,4-6,8-10,13,16,19-22H2,1-3H3,(H,38,42)(H,40,43)/t28?,29-,30+,32-/m1/s1. The van der Waals surface area contributed by atoms with Gasteiger partial charge in [0.15, 0.2) is 0 Å². The van der Waals surface area contributed by atoms with Gasteiger partial charge in [-0.2, -0.15) is 0 Å². The highest BCUT2D eigenvalue weighted by atomic mass is 35.5. The predicted molar refractivity (Wildman–Crippen MR) is 179 cm³/mol. The number of para-hydroxylation sites is 1. The lowest BCUT2D eigenvalue weighted by atomic mass is 9.82. The van der Waals surface area contributed by atoms with Crippen LogP contribution >= 0.6 is 11.6 Å². The fourth-order valence-corrected chi connectivity index (χ4v) is 7.42. The van der Waals surface area contributed by atoms with Gasteiger partial charge in [-0.3, -0.25) is 14.4 Å². The molecule has 0 aromatic heterocycles. The number of halogens is 1. The Balaban J connectivity index is 1.48. The number of aryl methyl sites for hydroxylation is 2. The molecule has 2 aromatic rings. The second-order valence-electron chi connectivity index (χ2n) is 13.8. The molecule has 46 heavy (non-hydrogen) atoms. The van der Waals surface area contributed by atoms with Gasteiger partial charge >= 0.3 is 0 Å². The summed E-state index contributed by atoms with van der Waals surface area (Å²) in [4.78, 5) is 43.4. The number of amides is 3. The lowest BCUT2D eigenvalue weighted by molar-refractivity contribution is -0.151. The van der Waals surface area contributed by atoms with Crippen LogP contribution in [0.4, 0.5) is 0 Å². The van der Waals surface area contributed by atoms with Gasteiger partial charge in [-0.1, -0.05) is 61.2 Å². The van der Waals surface area contributed by atoms with Crippen LogP contribution in [0, 0.1) is 5.92 Å². The number of rotatable bonds is 4. The number of ether oxygens (including phenoxy) is 1. The summed E-state index contributed by atoms with van der Waals surface area (Å²) in [7, 11) is 1.58. The van der Waals surface area contributed by atoms with Crippen molar-refractivity contribution >= 4 is 29.3 Å². The third-order valence-electron chi connectivity index (χ3n) is 9.71. The number of carbonyl (C=O) groups excluding carboxylic acids is 3. The van der Waals surface area contributed by atoms with Crippen molar-refractivity contribution < 1.29 is 24.2 Å². The van der Waals surface area contributed by atoms with E-state index in [9.17, 15) is 19.5 Å². The molecule has 4 atom stereocenters. The van der Waals surface area contributed by atoms with E-state index < -0.39 is 29.6 Å². The minimum absolute atomic E-state index is 0.0987. The largest absolute Gasteiger partial charge is 0.489 e. The average Bonchev–Trinajstić information content (AvgIpc) is 3.03. The Morgan fingerprint density at radius 1 is 0.935 bits per heavy atom. The molecule has 2 bridgehead atoms. The van der Waals surface area contributed by atoms with Crippen molar-refractivity contribution in [2.45, 2.75) is 108 Å². The zero-order valence-corrected chi connectivity index (χ0v) is 28.1. The van der Waals surface area contributed by atoms with Crippen molar-refractivity contribution in [1.82, 2.24) is 20.9 Å². The van der Waals surface area contributed by atoms with E-state index in [1.807, 2.05) is 12.1 Å². The van der Waals surface area contributed by atoms with Crippen LogP contribution in [0.15, 0.2) is 42.5 Å². The number of nitrogens with one attached hydrogen (secondary N) is 3. The summed E-state index contributed by atoms with van der Waals surface area (Å²) in [6.45, 7) is 3.97. The first-order valence-corrected chi connectivity index (χ1v) is 17.2. The molecule has 2 heterocycles. The highest BCUT2D eigenvalue weighted by molar-refractivity contribution is 6.30. The van der Waals surface area contributed by atoms with Crippen molar-refractivity contribution in [1.29, 1.82) is 0 Å². The van der Waals surface area contributed by atoms with Crippen molar-refractivity contribution in [2.75, 3.05) is 20.1 Å². The van der Waals surface area contributed by atoms with E-state index in [-0.39, 0.29) is 30.3 Å². The summed E-state index contributed by atoms with van der Waals surface area (Å²) >= 11 is 6.10. The number of likely N-dealkylation sites (N-methyl/N-ethyl adjacent to an activating group) is 1. The Morgan fingerprint density at radius 3 is 2.33 bits per heavy atom. The summed E-state index contributed by atoms with van der Waals surface area (Å²) < 4.78 is 6.57. The number of hydrogen-bond acceptors (Lipinski definition) is 6. The fraction of sp³-hybridized carbons (Fsp3) is 0.583. The van der Waals surface area contributed by atoms with Crippen LogP contribution in [0.5, 0.6) is 5.75 Å². The first-order valence-electron chi connectivity index (χ1n) is 16.8. The summed E-state index contributed by atoms with van der Waals surface area (Å²) in [6.07, 6.45) is 8.35. The van der Waals surface area contributed by atoms with E-state index in [4.69, 9.17) is 16.3 Å². The van der Waals surface area contributed by atoms with Gasteiger partial charge < -0.3 is 30.7 Å². The second kappa shape index (κ2) is 15.2. The van der Waals surface area contributed by atoms with E-state index in [0.717, 1.165) is 68.2 Å². The van der Waals surface area contributed by atoms with Crippen LogP contribution < -0.4 is 20.7 Å². The van der Waals surface area contributed by atoms with Crippen molar-refractivity contribution in [3.8, 4) is 5.75 Å². The molecule has 1 aliphatic carbocycles. The molecule has 2 aromatic carbocycles. The molecule has 5 rings (SSSR count). The number of aliphatic hydroxyl groups is 1. The lowest BCUT2D eigenvalue weighted by Gasteiger charge is -2.40. The zero-order valence-electron chi connectivity index (χ0n) is 27.3. The van der Waals surface area contributed by atoms with Crippen LogP contribution in [-0.4, -0.2) is 77.7 Å². The van der Waals surface area contributed by atoms with Gasteiger partial charge in [-0.25, -0.2) is 0 Å². The van der Waals surface area contributed by atoms with Crippen LogP contribution in [0.1, 0.15) is 75.5 Å². The molecule has 4 N–H and O–H groups in total. The molecular weight excluding hydrogens is 604 g/mol. The number of nitrogens with zero attached hydrogens (tertiary/aromatic N) is 1. The molecule has 0 saturated heterocycles. The number of carbonyl (C=O) groups is 3. The van der Waals surface area contributed by atoms with E-state index in [1.165, 1.54) is 24.3 Å². The Labute approximate surface area is 277 Å². The molecule has 1 fully saturated rings. The highest BCUT2D eigenvalue weighted by Crippen LogP contribution is 2.33. The molecule has 3 amide bonds. The number of benzene rings is 2. The normalized spacial score (nSPS) is 25.9. The molecule has 250 valence electrons. The van der Waals surface area contributed by atoms with Gasteiger partial charge in [0.05, 0.1) is 11.6 Å². The minimum Gasteiger partial charge on any atom is -0.489 e. The number of fused-ring (bicyclic) bond motifs is 1. The predicted octanol–water partition coefficient (Wildman–Crippen LogP) is 3.96. The molecule has 10 heteroatoms. The van der Waals surface area contributed by atoms with Gasteiger partial charge in [0.2, 0.25) is 17.7 Å². The molecule has 0 spiro atoms. The SMILES string of the molecule is CN1C(=O)[C@H](C2CCCCC2)NCC2CCc3cccc(c3O2)CCCNC(=O)[C@@H](Cc2ccc(Cl)cc2)NC(=O)[C@@H]1C(C)(C)O. The van der Waals surface area contributed by atoms with E-state index in [2.05, 4.69) is 34.1 Å². The summed E-state index contributed by atoms with van der Waals surface area (Å²) in [5.74, 6) is -0.139. The molecule has 2 aliphatic heterocycles. The van der Waals surface area contributed by atoms with Crippen molar-refractivity contribution in [2.24, 2.45) is 5.92 Å². The molecule has 9 nitrogen and oxygen atoms in total. The Bertz CT molecular complexity index is 1370. The van der Waals surface area contributed by atoms with Gasteiger partial charge in [0.1, 0.15) is 23.9 Å². The maximum Gasteiger partial charge on any atom is 0.246 e. The summed E-state index contributed by atoms with van der Waals surface area (Å²) in [5, 5.41) is 21.3. The number of hydrogen-bond donors (Lipinski definition) is 4. The Hall–Kier alpha value is -3.14. The van der Waals surface area contributed by atoms with E-state index >= 15 is 0 Å². The molecule has 0 radical (unpaired) electrons. The lowest BCUT2D eigenvalue weighted by Crippen LogP contribution is -2.64. The quantitative estimate of drug-likeness (QED) is 0.397. The van der Waals surface area contributed by atoms with E-state index in [0.29, 0.717) is 24.5 Å². The van der Waals surface area contributed by atoms with Crippen molar-refractivity contribution in [3.05, 3.63) is 64.2 Å². The third kappa shape index (κ3) is 8.41. The monoisotopic (exact) mass is 652 g/mol. The molecular formula is C36H49ClN4O5. The van der Waals surface area contributed by atoms with Crippen LogP contribution in [0.3, 0.4) is 0 Å². The van der Waals surface area contributed by atoms with Gasteiger partial charge in [-0.15, -0.1) is 0 Å².